The van der Waals surface area contributed by atoms with Gasteiger partial charge in [0.05, 0.1) is 12.7 Å². The van der Waals surface area contributed by atoms with Crippen molar-refractivity contribution in [2.24, 2.45) is 0 Å². The van der Waals surface area contributed by atoms with E-state index in [1.165, 1.54) is 17.2 Å². The van der Waals surface area contributed by atoms with Crippen molar-refractivity contribution in [3.05, 3.63) is 41.0 Å². The first-order chi connectivity index (χ1) is 9.08. The molecule has 0 heterocycles. The second-order valence-electron chi connectivity index (χ2n) is 4.48. The second kappa shape index (κ2) is 7.74. The van der Waals surface area contributed by atoms with Gasteiger partial charge in [0.2, 0.25) is 0 Å². The number of rotatable bonds is 6. The van der Waals surface area contributed by atoms with Crippen LogP contribution in [0, 0.1) is 6.92 Å². The number of carbonyl (C=O) groups excluding carboxylic acids is 1. The van der Waals surface area contributed by atoms with E-state index in [4.69, 9.17) is 9.47 Å². The maximum atomic E-state index is 11.4. The summed E-state index contributed by atoms with van der Waals surface area (Å²) in [7, 11) is 1.71. The zero-order valence-corrected chi connectivity index (χ0v) is 12.1. The van der Waals surface area contributed by atoms with Gasteiger partial charge >= 0.3 is 5.97 Å². The smallest absolute Gasteiger partial charge is 0.330 e. The van der Waals surface area contributed by atoms with Gasteiger partial charge in [0.1, 0.15) is 0 Å². The summed E-state index contributed by atoms with van der Waals surface area (Å²) >= 11 is 0. The Kier molecular flexibility index (Phi) is 6.30. The van der Waals surface area contributed by atoms with Crippen LogP contribution < -0.4 is 0 Å². The van der Waals surface area contributed by atoms with Crippen LogP contribution in [-0.2, 0) is 20.7 Å². The first-order valence-corrected chi connectivity index (χ1v) is 6.54. The standard InChI is InChI=1S/C16H22O3/c1-5-19-16(17)10-9-14-8-6-7-12(2)15(14)11-13(3)18-4/h6-10,13H,5,11H2,1-4H3/b10-9+. The Bertz CT molecular complexity index is 449. The van der Waals surface area contributed by atoms with Crippen molar-refractivity contribution >= 4 is 12.0 Å². The molecule has 1 aromatic rings. The molecule has 0 bridgehead atoms. The van der Waals surface area contributed by atoms with E-state index in [1.807, 2.05) is 25.1 Å². The fourth-order valence-corrected chi connectivity index (χ4v) is 1.88. The molecule has 3 heteroatoms. The third-order valence-corrected chi connectivity index (χ3v) is 3.03. The lowest BCUT2D eigenvalue weighted by Gasteiger charge is -2.14. The summed E-state index contributed by atoms with van der Waals surface area (Å²) in [5.74, 6) is -0.310. The average Bonchev–Trinajstić information content (AvgIpc) is 2.39. The van der Waals surface area contributed by atoms with E-state index in [-0.39, 0.29) is 12.1 Å². The van der Waals surface area contributed by atoms with Gasteiger partial charge in [0.15, 0.2) is 0 Å². The van der Waals surface area contributed by atoms with Crippen molar-refractivity contribution in [2.45, 2.75) is 33.3 Å². The molecule has 0 aliphatic carbocycles. The molecular formula is C16H22O3. The highest BCUT2D eigenvalue weighted by atomic mass is 16.5. The Morgan fingerprint density at radius 3 is 2.79 bits per heavy atom. The minimum Gasteiger partial charge on any atom is -0.463 e. The van der Waals surface area contributed by atoms with Crippen LogP contribution in [0.2, 0.25) is 0 Å². The highest BCUT2D eigenvalue weighted by Gasteiger charge is 2.08. The van der Waals surface area contributed by atoms with Gasteiger partial charge in [0.25, 0.3) is 0 Å². The van der Waals surface area contributed by atoms with E-state index in [1.54, 1.807) is 14.0 Å². The lowest BCUT2D eigenvalue weighted by Crippen LogP contribution is -2.10. The van der Waals surface area contributed by atoms with Crippen LogP contribution in [0.15, 0.2) is 24.3 Å². The number of aryl methyl sites for hydroxylation is 1. The van der Waals surface area contributed by atoms with Crippen LogP contribution in [0.25, 0.3) is 6.08 Å². The summed E-state index contributed by atoms with van der Waals surface area (Å²) in [4.78, 5) is 11.4. The van der Waals surface area contributed by atoms with Gasteiger partial charge in [-0.05, 0) is 50.0 Å². The summed E-state index contributed by atoms with van der Waals surface area (Å²) in [6.07, 6.45) is 4.25. The molecule has 3 nitrogen and oxygen atoms in total. The van der Waals surface area contributed by atoms with Gasteiger partial charge in [0, 0.05) is 13.2 Å². The summed E-state index contributed by atoms with van der Waals surface area (Å²) in [6, 6.07) is 6.06. The molecule has 0 radical (unpaired) electrons. The molecule has 0 aromatic heterocycles. The van der Waals surface area contributed by atoms with Gasteiger partial charge < -0.3 is 9.47 Å². The number of methoxy groups -OCH3 is 1. The van der Waals surface area contributed by atoms with Crippen LogP contribution in [0.3, 0.4) is 0 Å². The quantitative estimate of drug-likeness (QED) is 0.583. The molecule has 0 saturated carbocycles. The molecule has 1 aromatic carbocycles. The average molecular weight is 262 g/mol. The van der Waals surface area contributed by atoms with E-state index < -0.39 is 0 Å². The molecule has 0 amide bonds. The Balaban J connectivity index is 2.94. The lowest BCUT2D eigenvalue weighted by molar-refractivity contribution is -0.137. The second-order valence-corrected chi connectivity index (χ2v) is 4.48. The van der Waals surface area contributed by atoms with Gasteiger partial charge in [-0.2, -0.15) is 0 Å². The molecule has 104 valence electrons. The fourth-order valence-electron chi connectivity index (χ4n) is 1.88. The zero-order chi connectivity index (χ0) is 14.3. The molecule has 0 aliphatic rings. The molecule has 19 heavy (non-hydrogen) atoms. The van der Waals surface area contributed by atoms with Gasteiger partial charge in [-0.1, -0.05) is 18.2 Å². The van der Waals surface area contributed by atoms with Gasteiger partial charge in [-0.15, -0.1) is 0 Å². The Hall–Kier alpha value is -1.61. The topological polar surface area (TPSA) is 35.5 Å². The summed E-state index contributed by atoms with van der Waals surface area (Å²) in [5.41, 5.74) is 3.45. The van der Waals surface area contributed by atoms with E-state index in [2.05, 4.69) is 13.0 Å². The largest absolute Gasteiger partial charge is 0.463 e. The zero-order valence-electron chi connectivity index (χ0n) is 12.1. The van der Waals surface area contributed by atoms with Gasteiger partial charge in [-0.3, -0.25) is 0 Å². The molecule has 0 fully saturated rings. The van der Waals surface area contributed by atoms with Crippen LogP contribution in [-0.4, -0.2) is 25.8 Å². The lowest BCUT2D eigenvalue weighted by atomic mass is 9.96. The molecule has 1 rings (SSSR count). The van der Waals surface area contributed by atoms with Crippen molar-refractivity contribution in [3.63, 3.8) is 0 Å². The molecule has 1 unspecified atom stereocenters. The number of hydrogen-bond donors (Lipinski definition) is 0. The van der Waals surface area contributed by atoms with Gasteiger partial charge in [-0.25, -0.2) is 4.79 Å². The highest BCUT2D eigenvalue weighted by Crippen LogP contribution is 2.18. The molecule has 1 atom stereocenters. The van der Waals surface area contributed by atoms with Crippen molar-refractivity contribution in [1.29, 1.82) is 0 Å². The van der Waals surface area contributed by atoms with Crippen molar-refractivity contribution in [2.75, 3.05) is 13.7 Å². The number of ether oxygens (including phenoxy) is 2. The first-order valence-electron chi connectivity index (χ1n) is 6.54. The predicted octanol–water partition coefficient (Wildman–Crippen LogP) is 3.15. The van der Waals surface area contributed by atoms with E-state index in [0.29, 0.717) is 6.61 Å². The third kappa shape index (κ3) is 4.87. The maximum Gasteiger partial charge on any atom is 0.330 e. The van der Waals surface area contributed by atoms with E-state index >= 15 is 0 Å². The Labute approximate surface area is 115 Å². The molecular weight excluding hydrogens is 240 g/mol. The normalized spacial score (nSPS) is 12.6. The SMILES string of the molecule is CCOC(=O)/C=C/c1cccc(C)c1CC(C)OC. The fraction of sp³-hybridized carbons (Fsp3) is 0.438. The Morgan fingerprint density at radius 1 is 1.42 bits per heavy atom. The minimum absolute atomic E-state index is 0.149. The number of hydrogen-bond acceptors (Lipinski definition) is 3. The van der Waals surface area contributed by atoms with Crippen LogP contribution >= 0.6 is 0 Å². The van der Waals surface area contributed by atoms with Crippen molar-refractivity contribution in [1.82, 2.24) is 0 Å². The highest BCUT2D eigenvalue weighted by molar-refractivity contribution is 5.87. The van der Waals surface area contributed by atoms with Crippen LogP contribution in [0.1, 0.15) is 30.5 Å². The monoisotopic (exact) mass is 262 g/mol. The summed E-state index contributed by atoms with van der Waals surface area (Å²) in [5, 5.41) is 0. The number of benzene rings is 1. The summed E-state index contributed by atoms with van der Waals surface area (Å²) < 4.78 is 10.2. The van der Waals surface area contributed by atoms with Crippen molar-refractivity contribution in [3.8, 4) is 0 Å². The summed E-state index contributed by atoms with van der Waals surface area (Å²) in [6.45, 7) is 6.29. The number of esters is 1. The van der Waals surface area contributed by atoms with Crippen molar-refractivity contribution < 1.29 is 14.3 Å². The van der Waals surface area contributed by atoms with Crippen LogP contribution in [0.5, 0.6) is 0 Å². The van der Waals surface area contributed by atoms with E-state index in [9.17, 15) is 4.79 Å². The molecule has 0 spiro atoms. The van der Waals surface area contributed by atoms with Crippen LogP contribution in [0.4, 0.5) is 0 Å². The third-order valence-electron chi connectivity index (χ3n) is 3.03. The first kappa shape index (κ1) is 15.4. The maximum absolute atomic E-state index is 11.4. The number of carbonyl (C=O) groups is 1. The predicted molar refractivity (Wildman–Crippen MR) is 77.0 cm³/mol. The molecule has 0 saturated heterocycles. The molecule has 0 aliphatic heterocycles. The minimum atomic E-state index is -0.310. The molecule has 0 N–H and O–H groups in total. The Morgan fingerprint density at radius 2 is 2.16 bits per heavy atom. The van der Waals surface area contributed by atoms with E-state index in [0.717, 1.165) is 12.0 Å².